The Balaban J connectivity index is 1.68. The normalized spacial score (nSPS) is 22.5. The highest BCUT2D eigenvalue weighted by Gasteiger charge is 2.25. The number of amides is 1. The molecule has 0 heterocycles. The topological polar surface area (TPSA) is 49.3 Å². The van der Waals surface area contributed by atoms with E-state index in [4.69, 9.17) is 0 Å². The molecule has 2 rings (SSSR count). The van der Waals surface area contributed by atoms with Crippen molar-refractivity contribution in [1.29, 1.82) is 0 Å². The summed E-state index contributed by atoms with van der Waals surface area (Å²) in [6.07, 6.45) is 4.15. The van der Waals surface area contributed by atoms with E-state index in [9.17, 15) is 14.3 Å². The lowest BCUT2D eigenvalue weighted by Crippen LogP contribution is -2.35. The summed E-state index contributed by atoms with van der Waals surface area (Å²) in [5.41, 5.74) is 0.690. The third kappa shape index (κ3) is 4.30. The summed E-state index contributed by atoms with van der Waals surface area (Å²) in [6.45, 7) is 0.555. The first-order valence-corrected chi connectivity index (χ1v) is 7.36. The van der Waals surface area contributed by atoms with E-state index < -0.39 is 0 Å². The van der Waals surface area contributed by atoms with Crippen LogP contribution in [0.2, 0.25) is 0 Å². The molecular weight excluding hydrogens is 257 g/mol. The van der Waals surface area contributed by atoms with Gasteiger partial charge in [0.05, 0.1) is 6.10 Å². The Hall–Kier alpha value is -1.42. The average Bonchev–Trinajstić information content (AvgIpc) is 2.45. The van der Waals surface area contributed by atoms with Crippen LogP contribution < -0.4 is 5.32 Å². The molecule has 1 amide bonds. The SMILES string of the molecule is O=C(NCCCc1ccccc1F)[C@H]1CCC[C@@H](O)C1. The molecule has 0 radical (unpaired) electrons. The number of aryl methyl sites for hydroxylation is 1. The lowest BCUT2D eigenvalue weighted by molar-refractivity contribution is -0.127. The van der Waals surface area contributed by atoms with Gasteiger partial charge in [0.15, 0.2) is 0 Å². The van der Waals surface area contributed by atoms with E-state index in [0.717, 1.165) is 25.7 Å². The molecule has 1 aliphatic carbocycles. The molecule has 0 spiro atoms. The number of aliphatic hydroxyl groups excluding tert-OH is 1. The fraction of sp³-hybridized carbons (Fsp3) is 0.562. The first-order chi connectivity index (χ1) is 9.66. The molecule has 110 valence electrons. The van der Waals surface area contributed by atoms with Gasteiger partial charge in [-0.3, -0.25) is 4.79 Å². The van der Waals surface area contributed by atoms with Gasteiger partial charge in [0.1, 0.15) is 5.82 Å². The smallest absolute Gasteiger partial charge is 0.223 e. The second-order valence-electron chi connectivity index (χ2n) is 5.50. The lowest BCUT2D eigenvalue weighted by atomic mass is 9.86. The molecule has 1 saturated carbocycles. The Labute approximate surface area is 119 Å². The zero-order valence-corrected chi connectivity index (χ0v) is 11.6. The van der Waals surface area contributed by atoms with Crippen molar-refractivity contribution in [3.8, 4) is 0 Å². The highest BCUT2D eigenvalue weighted by molar-refractivity contribution is 5.78. The van der Waals surface area contributed by atoms with Gasteiger partial charge >= 0.3 is 0 Å². The number of aliphatic hydroxyl groups is 1. The second-order valence-corrected chi connectivity index (χ2v) is 5.50. The summed E-state index contributed by atoms with van der Waals surface area (Å²) >= 11 is 0. The predicted molar refractivity (Wildman–Crippen MR) is 75.7 cm³/mol. The summed E-state index contributed by atoms with van der Waals surface area (Å²) in [5.74, 6) is -0.223. The number of nitrogens with one attached hydrogen (secondary N) is 1. The number of carbonyl (C=O) groups is 1. The van der Waals surface area contributed by atoms with Gasteiger partial charge in [-0.15, -0.1) is 0 Å². The van der Waals surface area contributed by atoms with Gasteiger partial charge in [-0.2, -0.15) is 0 Å². The molecule has 0 aromatic heterocycles. The van der Waals surface area contributed by atoms with E-state index in [2.05, 4.69) is 5.32 Å². The number of rotatable bonds is 5. The fourth-order valence-electron chi connectivity index (χ4n) is 2.74. The minimum atomic E-state index is -0.335. The van der Waals surface area contributed by atoms with Gasteiger partial charge in [0.2, 0.25) is 5.91 Å². The zero-order chi connectivity index (χ0) is 14.4. The number of halogens is 1. The van der Waals surface area contributed by atoms with Crippen molar-refractivity contribution < 1.29 is 14.3 Å². The maximum atomic E-state index is 13.4. The van der Waals surface area contributed by atoms with Gasteiger partial charge in [-0.25, -0.2) is 4.39 Å². The molecule has 0 bridgehead atoms. The average molecular weight is 279 g/mol. The monoisotopic (exact) mass is 279 g/mol. The summed E-state index contributed by atoms with van der Waals surface area (Å²) in [5, 5.41) is 12.4. The fourth-order valence-corrected chi connectivity index (χ4v) is 2.74. The van der Waals surface area contributed by atoms with Crippen LogP contribution in [-0.2, 0) is 11.2 Å². The summed E-state index contributed by atoms with van der Waals surface area (Å²) in [6, 6.07) is 6.72. The van der Waals surface area contributed by atoms with E-state index >= 15 is 0 Å². The van der Waals surface area contributed by atoms with Crippen molar-refractivity contribution in [2.45, 2.75) is 44.6 Å². The molecule has 1 fully saturated rings. The van der Waals surface area contributed by atoms with Gasteiger partial charge in [0.25, 0.3) is 0 Å². The Bertz CT molecular complexity index is 450. The van der Waals surface area contributed by atoms with Gasteiger partial charge in [-0.1, -0.05) is 24.6 Å². The van der Waals surface area contributed by atoms with Crippen LogP contribution in [-0.4, -0.2) is 23.7 Å². The van der Waals surface area contributed by atoms with Gasteiger partial charge in [0, 0.05) is 12.5 Å². The van der Waals surface area contributed by atoms with Gasteiger partial charge in [-0.05, 0) is 43.7 Å². The Kier molecular flexibility index (Phi) is 5.53. The van der Waals surface area contributed by atoms with Crippen molar-refractivity contribution in [1.82, 2.24) is 5.32 Å². The molecule has 20 heavy (non-hydrogen) atoms. The molecule has 4 heteroatoms. The Morgan fingerprint density at radius 3 is 2.90 bits per heavy atom. The molecule has 0 aliphatic heterocycles. The number of hydrogen-bond acceptors (Lipinski definition) is 2. The van der Waals surface area contributed by atoms with Crippen LogP contribution in [0.4, 0.5) is 4.39 Å². The minimum absolute atomic E-state index is 0.0253. The Morgan fingerprint density at radius 2 is 2.15 bits per heavy atom. The zero-order valence-electron chi connectivity index (χ0n) is 11.6. The molecule has 0 unspecified atom stereocenters. The lowest BCUT2D eigenvalue weighted by Gasteiger charge is -2.24. The molecule has 2 atom stereocenters. The molecule has 1 aromatic rings. The van der Waals surface area contributed by atoms with E-state index in [0.29, 0.717) is 24.9 Å². The minimum Gasteiger partial charge on any atom is -0.393 e. The largest absolute Gasteiger partial charge is 0.393 e. The van der Waals surface area contributed by atoms with Crippen molar-refractivity contribution in [3.05, 3.63) is 35.6 Å². The van der Waals surface area contributed by atoms with Crippen LogP contribution >= 0.6 is 0 Å². The Morgan fingerprint density at radius 1 is 1.35 bits per heavy atom. The third-order valence-corrected chi connectivity index (χ3v) is 3.90. The van der Waals surface area contributed by atoms with E-state index in [-0.39, 0.29) is 23.7 Å². The van der Waals surface area contributed by atoms with Gasteiger partial charge < -0.3 is 10.4 Å². The first kappa shape index (κ1) is 15.0. The summed E-state index contributed by atoms with van der Waals surface area (Å²) < 4.78 is 13.4. The highest BCUT2D eigenvalue weighted by atomic mass is 19.1. The van der Waals surface area contributed by atoms with E-state index in [1.54, 1.807) is 12.1 Å². The van der Waals surface area contributed by atoms with Crippen molar-refractivity contribution in [3.63, 3.8) is 0 Å². The number of hydrogen-bond donors (Lipinski definition) is 2. The predicted octanol–water partition coefficient (Wildman–Crippen LogP) is 2.43. The molecule has 3 nitrogen and oxygen atoms in total. The van der Waals surface area contributed by atoms with Crippen molar-refractivity contribution >= 4 is 5.91 Å². The third-order valence-electron chi connectivity index (χ3n) is 3.90. The van der Waals surface area contributed by atoms with Crippen LogP contribution in [0.15, 0.2) is 24.3 Å². The number of carbonyl (C=O) groups excluding carboxylic acids is 1. The standard InChI is InChI=1S/C16H22FNO2/c17-15-9-2-1-5-12(15)7-4-10-18-16(20)13-6-3-8-14(19)11-13/h1-2,5,9,13-14,19H,3-4,6-8,10-11H2,(H,18,20)/t13-,14+/m0/s1. The van der Waals surface area contributed by atoms with E-state index in [1.165, 1.54) is 6.07 Å². The van der Waals surface area contributed by atoms with Crippen LogP contribution in [0.1, 0.15) is 37.7 Å². The van der Waals surface area contributed by atoms with Crippen LogP contribution in [0.25, 0.3) is 0 Å². The molecule has 1 aliphatic rings. The maximum absolute atomic E-state index is 13.4. The number of benzene rings is 1. The first-order valence-electron chi connectivity index (χ1n) is 7.36. The summed E-state index contributed by atoms with van der Waals surface area (Å²) in [4.78, 5) is 11.9. The van der Waals surface area contributed by atoms with E-state index in [1.807, 2.05) is 6.07 Å². The van der Waals surface area contributed by atoms with Crippen molar-refractivity contribution in [2.75, 3.05) is 6.54 Å². The highest BCUT2D eigenvalue weighted by Crippen LogP contribution is 2.24. The molecular formula is C16H22FNO2. The summed E-state index contributed by atoms with van der Waals surface area (Å²) in [7, 11) is 0. The quantitative estimate of drug-likeness (QED) is 0.813. The van der Waals surface area contributed by atoms with Crippen LogP contribution in [0, 0.1) is 11.7 Å². The molecule has 0 saturated heterocycles. The molecule has 1 aromatic carbocycles. The van der Waals surface area contributed by atoms with Crippen LogP contribution in [0.5, 0.6) is 0 Å². The van der Waals surface area contributed by atoms with Crippen molar-refractivity contribution in [2.24, 2.45) is 5.92 Å². The second kappa shape index (κ2) is 7.39. The van der Waals surface area contributed by atoms with Crippen LogP contribution in [0.3, 0.4) is 0 Å². The maximum Gasteiger partial charge on any atom is 0.223 e. The molecule has 2 N–H and O–H groups in total.